The summed E-state index contributed by atoms with van der Waals surface area (Å²) >= 11 is 0. The Kier molecular flexibility index (Phi) is 2.63. The summed E-state index contributed by atoms with van der Waals surface area (Å²) in [5, 5.41) is 5.89. The van der Waals surface area contributed by atoms with Gasteiger partial charge in [-0.1, -0.05) is 36.8 Å². The van der Waals surface area contributed by atoms with Gasteiger partial charge in [-0.3, -0.25) is 0 Å². The van der Waals surface area contributed by atoms with Crippen molar-refractivity contribution in [2.24, 2.45) is 0 Å². The van der Waals surface area contributed by atoms with Crippen LogP contribution in [0.4, 0.5) is 0 Å². The molecule has 0 aliphatic rings. The van der Waals surface area contributed by atoms with E-state index in [4.69, 9.17) is 0 Å². The van der Waals surface area contributed by atoms with Crippen LogP contribution in [0, 0.1) is 6.92 Å². The predicted octanol–water partition coefficient (Wildman–Crippen LogP) is 3.90. The van der Waals surface area contributed by atoms with Crippen molar-refractivity contribution in [2.75, 3.05) is 0 Å². The van der Waals surface area contributed by atoms with Crippen molar-refractivity contribution in [3.63, 3.8) is 0 Å². The van der Waals surface area contributed by atoms with Gasteiger partial charge in [-0.25, -0.2) is 4.68 Å². The second kappa shape index (κ2) is 4.30. The average molecular weight is 236 g/mol. The van der Waals surface area contributed by atoms with Crippen molar-refractivity contribution in [1.82, 2.24) is 9.78 Å². The van der Waals surface area contributed by atoms with E-state index in [1.807, 2.05) is 4.68 Å². The van der Waals surface area contributed by atoms with Crippen LogP contribution in [0.5, 0.6) is 0 Å². The molecule has 0 unspecified atom stereocenters. The molecule has 0 spiro atoms. The van der Waals surface area contributed by atoms with Crippen molar-refractivity contribution in [1.29, 1.82) is 0 Å². The molecule has 0 N–H and O–H groups in total. The van der Waals surface area contributed by atoms with Gasteiger partial charge in [0.25, 0.3) is 0 Å². The number of aryl methyl sites for hydroxylation is 2. The quantitative estimate of drug-likeness (QED) is 0.660. The molecule has 0 bridgehead atoms. The highest BCUT2D eigenvalue weighted by Crippen LogP contribution is 2.20. The monoisotopic (exact) mass is 236 g/mol. The first-order valence-electron chi connectivity index (χ1n) is 6.32. The number of aromatic nitrogens is 2. The van der Waals surface area contributed by atoms with Crippen LogP contribution in [0.3, 0.4) is 0 Å². The van der Waals surface area contributed by atoms with Gasteiger partial charge in [0.05, 0.1) is 11.2 Å². The third-order valence-electron chi connectivity index (χ3n) is 3.32. The Morgan fingerprint density at radius 3 is 2.56 bits per heavy atom. The molecule has 0 aliphatic carbocycles. The van der Waals surface area contributed by atoms with E-state index < -0.39 is 0 Å². The molecule has 0 saturated heterocycles. The summed E-state index contributed by atoms with van der Waals surface area (Å²) in [6.45, 7) is 4.27. The van der Waals surface area contributed by atoms with E-state index in [0.717, 1.165) is 17.6 Å². The fraction of sp³-hybridized carbons (Fsp3) is 0.188. The number of nitrogens with zero attached hydrogens (tertiary/aromatic N) is 2. The Hall–Kier alpha value is -2.09. The van der Waals surface area contributed by atoms with Gasteiger partial charge in [0, 0.05) is 11.6 Å². The first kappa shape index (κ1) is 11.0. The van der Waals surface area contributed by atoms with Crippen molar-refractivity contribution in [3.8, 4) is 5.69 Å². The summed E-state index contributed by atoms with van der Waals surface area (Å²) in [5.74, 6) is 0. The van der Waals surface area contributed by atoms with E-state index in [1.165, 1.54) is 16.5 Å². The molecular formula is C16H16N2. The Morgan fingerprint density at radius 2 is 1.83 bits per heavy atom. The third kappa shape index (κ3) is 1.80. The van der Waals surface area contributed by atoms with Crippen LogP contribution in [-0.4, -0.2) is 9.78 Å². The lowest BCUT2D eigenvalue weighted by molar-refractivity contribution is 0.896. The molecule has 0 amide bonds. The van der Waals surface area contributed by atoms with Crippen LogP contribution in [0.15, 0.2) is 48.7 Å². The second-order valence-electron chi connectivity index (χ2n) is 4.61. The van der Waals surface area contributed by atoms with E-state index in [0.29, 0.717) is 0 Å². The van der Waals surface area contributed by atoms with E-state index >= 15 is 0 Å². The molecule has 2 aromatic carbocycles. The van der Waals surface area contributed by atoms with Crippen molar-refractivity contribution >= 4 is 10.9 Å². The molecule has 3 aromatic rings. The predicted molar refractivity (Wildman–Crippen MR) is 75.2 cm³/mol. The second-order valence-corrected chi connectivity index (χ2v) is 4.61. The largest absolute Gasteiger partial charge is 0.240 e. The maximum absolute atomic E-state index is 4.64. The number of hydrogen-bond donors (Lipinski definition) is 0. The van der Waals surface area contributed by atoms with E-state index in [1.54, 1.807) is 0 Å². The number of fused-ring (bicyclic) bond motifs is 1. The van der Waals surface area contributed by atoms with Gasteiger partial charge >= 0.3 is 0 Å². The summed E-state index contributed by atoms with van der Waals surface area (Å²) in [4.78, 5) is 0. The standard InChI is InChI=1S/C16H16N2/c1-3-13-5-4-6-16-15(13)11-18(17-16)14-9-7-12(2)8-10-14/h4-11H,3H2,1-2H3. The summed E-state index contributed by atoms with van der Waals surface area (Å²) in [5.41, 5.74) is 4.80. The van der Waals surface area contributed by atoms with Crippen molar-refractivity contribution < 1.29 is 0 Å². The lowest BCUT2D eigenvalue weighted by Crippen LogP contribution is -1.93. The Bertz CT molecular complexity index is 678. The first-order valence-corrected chi connectivity index (χ1v) is 6.32. The van der Waals surface area contributed by atoms with Crippen LogP contribution < -0.4 is 0 Å². The minimum absolute atomic E-state index is 1.04. The highest BCUT2D eigenvalue weighted by Gasteiger charge is 2.05. The molecule has 1 aromatic heterocycles. The van der Waals surface area contributed by atoms with E-state index in [2.05, 4.69) is 67.6 Å². The van der Waals surface area contributed by atoms with Gasteiger partial charge < -0.3 is 0 Å². The Balaban J connectivity index is 2.16. The smallest absolute Gasteiger partial charge is 0.0930 e. The number of benzene rings is 2. The Morgan fingerprint density at radius 1 is 1.06 bits per heavy atom. The van der Waals surface area contributed by atoms with Gasteiger partial charge in [-0.15, -0.1) is 0 Å². The molecule has 18 heavy (non-hydrogen) atoms. The van der Waals surface area contributed by atoms with Crippen molar-refractivity contribution in [3.05, 3.63) is 59.8 Å². The molecule has 0 radical (unpaired) electrons. The first-order chi connectivity index (χ1) is 8.78. The molecule has 2 heteroatoms. The highest BCUT2D eigenvalue weighted by atomic mass is 15.3. The van der Waals surface area contributed by atoms with E-state index in [-0.39, 0.29) is 0 Å². The van der Waals surface area contributed by atoms with Crippen LogP contribution in [0.1, 0.15) is 18.1 Å². The van der Waals surface area contributed by atoms with Crippen LogP contribution >= 0.6 is 0 Å². The van der Waals surface area contributed by atoms with Gasteiger partial charge in [-0.05, 0) is 37.1 Å². The summed E-state index contributed by atoms with van der Waals surface area (Å²) in [6.07, 6.45) is 3.16. The fourth-order valence-corrected chi connectivity index (χ4v) is 2.24. The summed E-state index contributed by atoms with van der Waals surface area (Å²) in [6, 6.07) is 14.8. The summed E-state index contributed by atoms with van der Waals surface area (Å²) in [7, 11) is 0. The lowest BCUT2D eigenvalue weighted by atomic mass is 10.1. The van der Waals surface area contributed by atoms with Crippen LogP contribution in [0.2, 0.25) is 0 Å². The molecule has 0 fully saturated rings. The zero-order valence-corrected chi connectivity index (χ0v) is 10.7. The van der Waals surface area contributed by atoms with Crippen LogP contribution in [-0.2, 0) is 6.42 Å². The van der Waals surface area contributed by atoms with Gasteiger partial charge in [0.2, 0.25) is 0 Å². The minimum atomic E-state index is 1.04. The molecule has 1 heterocycles. The van der Waals surface area contributed by atoms with E-state index in [9.17, 15) is 0 Å². The fourth-order valence-electron chi connectivity index (χ4n) is 2.24. The lowest BCUT2D eigenvalue weighted by Gasteiger charge is -2.00. The Labute approximate surface area is 107 Å². The highest BCUT2D eigenvalue weighted by molar-refractivity contribution is 5.82. The maximum atomic E-state index is 4.64. The molecule has 0 aliphatic heterocycles. The molecule has 0 atom stereocenters. The number of hydrogen-bond acceptors (Lipinski definition) is 1. The van der Waals surface area contributed by atoms with Gasteiger partial charge in [-0.2, -0.15) is 5.10 Å². The van der Waals surface area contributed by atoms with Crippen molar-refractivity contribution in [2.45, 2.75) is 20.3 Å². The third-order valence-corrected chi connectivity index (χ3v) is 3.32. The zero-order chi connectivity index (χ0) is 12.5. The topological polar surface area (TPSA) is 17.8 Å². The maximum Gasteiger partial charge on any atom is 0.0930 e. The normalized spacial score (nSPS) is 11.0. The zero-order valence-electron chi connectivity index (χ0n) is 10.7. The minimum Gasteiger partial charge on any atom is -0.240 e. The summed E-state index contributed by atoms with van der Waals surface area (Å²) < 4.78 is 1.96. The van der Waals surface area contributed by atoms with Crippen LogP contribution in [0.25, 0.3) is 16.6 Å². The average Bonchev–Trinajstić information content (AvgIpc) is 2.83. The van der Waals surface area contributed by atoms with Gasteiger partial charge in [0.1, 0.15) is 0 Å². The molecular weight excluding hydrogens is 220 g/mol. The number of rotatable bonds is 2. The molecule has 90 valence electrons. The SMILES string of the molecule is CCc1cccc2nn(-c3ccc(C)cc3)cc12. The molecule has 2 nitrogen and oxygen atoms in total. The molecule has 3 rings (SSSR count). The molecule has 0 saturated carbocycles. The van der Waals surface area contributed by atoms with Gasteiger partial charge in [0.15, 0.2) is 0 Å².